The number of aromatic nitrogens is 2. The Morgan fingerprint density at radius 3 is 2.88 bits per heavy atom. The minimum absolute atomic E-state index is 0.252. The summed E-state index contributed by atoms with van der Waals surface area (Å²) in [5, 5.41) is 6.71. The van der Waals surface area contributed by atoms with Crippen LogP contribution in [0.4, 0.5) is 0 Å². The van der Waals surface area contributed by atoms with E-state index in [4.69, 9.17) is 0 Å². The summed E-state index contributed by atoms with van der Waals surface area (Å²) in [5.74, 6) is 0. The van der Waals surface area contributed by atoms with Gasteiger partial charge in [-0.15, -0.1) is 11.3 Å². The van der Waals surface area contributed by atoms with Crippen LogP contribution in [0.3, 0.4) is 0 Å². The molecule has 1 atom stereocenters. The zero-order chi connectivity index (χ0) is 12.1. The summed E-state index contributed by atoms with van der Waals surface area (Å²) < 4.78 is 0. The van der Waals surface area contributed by atoms with Gasteiger partial charge < -0.3 is 5.32 Å². The van der Waals surface area contributed by atoms with E-state index in [1.54, 1.807) is 11.3 Å². The molecule has 0 aromatic carbocycles. The van der Waals surface area contributed by atoms with Gasteiger partial charge in [-0.2, -0.15) is 0 Å². The SMILES string of the molecule is CCNC(Cc1csc(C)n1)c1ccccn1. The van der Waals surface area contributed by atoms with Gasteiger partial charge >= 0.3 is 0 Å². The normalized spacial score (nSPS) is 12.6. The average Bonchev–Trinajstić information content (AvgIpc) is 2.75. The van der Waals surface area contributed by atoms with Crippen molar-refractivity contribution in [3.05, 3.63) is 46.2 Å². The van der Waals surface area contributed by atoms with Crippen molar-refractivity contribution in [2.24, 2.45) is 0 Å². The molecule has 0 aliphatic carbocycles. The molecule has 3 nitrogen and oxygen atoms in total. The lowest BCUT2D eigenvalue weighted by atomic mass is 10.1. The van der Waals surface area contributed by atoms with E-state index in [1.165, 1.54) is 0 Å². The number of rotatable bonds is 5. The van der Waals surface area contributed by atoms with Gasteiger partial charge in [0.2, 0.25) is 0 Å². The summed E-state index contributed by atoms with van der Waals surface area (Å²) in [7, 11) is 0. The van der Waals surface area contributed by atoms with Crippen LogP contribution in [-0.2, 0) is 6.42 Å². The monoisotopic (exact) mass is 247 g/mol. The fourth-order valence-electron chi connectivity index (χ4n) is 1.82. The van der Waals surface area contributed by atoms with Crippen molar-refractivity contribution < 1.29 is 0 Å². The number of hydrogen-bond acceptors (Lipinski definition) is 4. The molecule has 0 aliphatic heterocycles. The Morgan fingerprint density at radius 1 is 1.41 bits per heavy atom. The molecular formula is C13H17N3S. The van der Waals surface area contributed by atoms with Crippen LogP contribution in [0.25, 0.3) is 0 Å². The molecule has 4 heteroatoms. The third kappa shape index (κ3) is 3.35. The number of thiazole rings is 1. The van der Waals surface area contributed by atoms with E-state index < -0.39 is 0 Å². The fraction of sp³-hybridized carbons (Fsp3) is 0.385. The van der Waals surface area contributed by atoms with Crippen molar-refractivity contribution >= 4 is 11.3 Å². The van der Waals surface area contributed by atoms with Crippen LogP contribution < -0.4 is 5.32 Å². The van der Waals surface area contributed by atoms with Gasteiger partial charge in [0.25, 0.3) is 0 Å². The summed E-state index contributed by atoms with van der Waals surface area (Å²) in [6.07, 6.45) is 2.74. The maximum Gasteiger partial charge on any atom is 0.0897 e. The van der Waals surface area contributed by atoms with Crippen molar-refractivity contribution in [1.29, 1.82) is 0 Å². The van der Waals surface area contributed by atoms with Crippen LogP contribution in [0.5, 0.6) is 0 Å². The van der Waals surface area contributed by atoms with Gasteiger partial charge in [0.1, 0.15) is 0 Å². The molecule has 1 N–H and O–H groups in total. The van der Waals surface area contributed by atoms with E-state index in [-0.39, 0.29) is 6.04 Å². The van der Waals surface area contributed by atoms with Gasteiger partial charge in [0.15, 0.2) is 0 Å². The molecule has 0 saturated heterocycles. The van der Waals surface area contributed by atoms with Gasteiger partial charge in [0.05, 0.1) is 22.4 Å². The van der Waals surface area contributed by atoms with Crippen molar-refractivity contribution in [3.8, 4) is 0 Å². The Balaban J connectivity index is 2.13. The standard InChI is InChI=1S/C13H17N3S/c1-3-14-13(12-6-4-5-7-15-12)8-11-9-17-10(2)16-11/h4-7,9,13-14H,3,8H2,1-2H3. The second kappa shape index (κ2) is 5.89. The Bertz CT molecular complexity index is 453. The first kappa shape index (κ1) is 12.2. The highest BCUT2D eigenvalue weighted by atomic mass is 32.1. The molecule has 0 amide bonds. The molecule has 0 fully saturated rings. The van der Waals surface area contributed by atoms with Crippen LogP contribution in [0.1, 0.15) is 29.4 Å². The first-order chi connectivity index (χ1) is 8.29. The molecule has 0 aliphatic rings. The third-order valence-electron chi connectivity index (χ3n) is 2.58. The zero-order valence-electron chi connectivity index (χ0n) is 10.2. The number of likely N-dealkylation sites (N-methyl/N-ethyl adjacent to an activating group) is 1. The molecule has 1 unspecified atom stereocenters. The second-order valence-corrected chi connectivity index (χ2v) is 4.99. The lowest BCUT2D eigenvalue weighted by molar-refractivity contribution is 0.532. The van der Waals surface area contributed by atoms with E-state index in [2.05, 4.69) is 33.7 Å². The summed E-state index contributed by atoms with van der Waals surface area (Å²) in [6, 6.07) is 6.29. The van der Waals surface area contributed by atoms with Crippen molar-refractivity contribution in [3.63, 3.8) is 0 Å². The first-order valence-electron chi connectivity index (χ1n) is 5.85. The van der Waals surface area contributed by atoms with E-state index >= 15 is 0 Å². The molecule has 0 radical (unpaired) electrons. The molecule has 2 rings (SSSR count). The highest BCUT2D eigenvalue weighted by Gasteiger charge is 2.13. The predicted octanol–water partition coefficient (Wildman–Crippen LogP) is 2.74. The van der Waals surface area contributed by atoms with E-state index in [0.29, 0.717) is 0 Å². The van der Waals surface area contributed by atoms with Crippen LogP contribution in [0.15, 0.2) is 29.8 Å². The first-order valence-corrected chi connectivity index (χ1v) is 6.73. The van der Waals surface area contributed by atoms with Crippen molar-refractivity contribution in [2.75, 3.05) is 6.54 Å². The lowest BCUT2D eigenvalue weighted by Gasteiger charge is -2.15. The van der Waals surface area contributed by atoms with Crippen molar-refractivity contribution in [1.82, 2.24) is 15.3 Å². The number of aryl methyl sites for hydroxylation is 1. The molecule has 2 aromatic heterocycles. The van der Waals surface area contributed by atoms with E-state index in [1.807, 2.05) is 25.3 Å². The minimum atomic E-state index is 0.252. The predicted molar refractivity (Wildman–Crippen MR) is 71.2 cm³/mol. The molecule has 0 saturated carbocycles. The maximum absolute atomic E-state index is 4.51. The van der Waals surface area contributed by atoms with Gasteiger partial charge in [-0.05, 0) is 25.6 Å². The lowest BCUT2D eigenvalue weighted by Crippen LogP contribution is -2.23. The topological polar surface area (TPSA) is 37.8 Å². The molecule has 0 spiro atoms. The summed E-state index contributed by atoms with van der Waals surface area (Å²) in [5.41, 5.74) is 2.23. The number of hydrogen-bond donors (Lipinski definition) is 1. The number of pyridine rings is 1. The van der Waals surface area contributed by atoms with Gasteiger partial charge in [-0.3, -0.25) is 4.98 Å². The van der Waals surface area contributed by atoms with Crippen LogP contribution in [0.2, 0.25) is 0 Å². The van der Waals surface area contributed by atoms with Crippen LogP contribution in [-0.4, -0.2) is 16.5 Å². The van der Waals surface area contributed by atoms with E-state index in [0.717, 1.165) is 29.4 Å². The molecular weight excluding hydrogens is 230 g/mol. The largest absolute Gasteiger partial charge is 0.309 e. The molecule has 0 bridgehead atoms. The summed E-state index contributed by atoms with van der Waals surface area (Å²) in [6.45, 7) is 5.09. The van der Waals surface area contributed by atoms with E-state index in [9.17, 15) is 0 Å². The van der Waals surface area contributed by atoms with Crippen LogP contribution >= 0.6 is 11.3 Å². The zero-order valence-corrected chi connectivity index (χ0v) is 11.0. The molecule has 17 heavy (non-hydrogen) atoms. The minimum Gasteiger partial charge on any atom is -0.309 e. The number of nitrogens with one attached hydrogen (secondary N) is 1. The summed E-state index contributed by atoms with van der Waals surface area (Å²) >= 11 is 1.70. The van der Waals surface area contributed by atoms with Gasteiger partial charge in [-0.25, -0.2) is 4.98 Å². The van der Waals surface area contributed by atoms with Gasteiger partial charge in [-0.1, -0.05) is 13.0 Å². The van der Waals surface area contributed by atoms with Gasteiger partial charge in [0, 0.05) is 18.0 Å². The second-order valence-electron chi connectivity index (χ2n) is 3.93. The molecule has 2 heterocycles. The Morgan fingerprint density at radius 2 is 2.29 bits per heavy atom. The Kier molecular flexibility index (Phi) is 4.23. The highest BCUT2D eigenvalue weighted by molar-refractivity contribution is 7.09. The quantitative estimate of drug-likeness (QED) is 0.883. The highest BCUT2D eigenvalue weighted by Crippen LogP contribution is 2.17. The summed E-state index contributed by atoms with van der Waals surface area (Å²) in [4.78, 5) is 8.92. The van der Waals surface area contributed by atoms with Crippen molar-refractivity contribution in [2.45, 2.75) is 26.3 Å². The number of nitrogens with zero attached hydrogens (tertiary/aromatic N) is 2. The van der Waals surface area contributed by atoms with Crippen LogP contribution in [0, 0.1) is 6.92 Å². The Labute approximate surface area is 106 Å². The Hall–Kier alpha value is -1.26. The average molecular weight is 247 g/mol. The molecule has 90 valence electrons. The third-order valence-corrected chi connectivity index (χ3v) is 3.40. The maximum atomic E-state index is 4.51. The molecule has 2 aromatic rings. The smallest absolute Gasteiger partial charge is 0.0897 e. The fourth-order valence-corrected chi connectivity index (χ4v) is 2.45.